The minimum absolute atomic E-state index is 0.736. The number of hydrogen-bond acceptors (Lipinski definition) is 0. The topological polar surface area (TPSA) is 9.86 Å². The predicted molar refractivity (Wildman–Crippen MR) is 181 cm³/mol. The Kier molecular flexibility index (Phi) is 8.55. The molecule has 212 valence electrons. The van der Waals surface area contributed by atoms with Gasteiger partial charge in [-0.15, -0.1) is 0 Å². The minimum atomic E-state index is 0.736. The maximum absolute atomic E-state index is 6.30. The zero-order valence-electron chi connectivity index (χ0n) is 24.3. The van der Waals surface area contributed by atoms with Crippen LogP contribution in [0.4, 0.5) is 0 Å². The van der Waals surface area contributed by atoms with Gasteiger partial charge in [-0.05, 0) is 109 Å². The summed E-state index contributed by atoms with van der Waals surface area (Å²) in [5.74, 6) is 0. The van der Waals surface area contributed by atoms with Gasteiger partial charge in [0.05, 0.1) is 22.4 Å². The molecule has 0 unspecified atom stereocenters. The lowest BCUT2D eigenvalue weighted by Gasteiger charge is -2.13. The van der Waals surface area contributed by atoms with Crippen molar-refractivity contribution in [2.24, 2.45) is 0 Å². The summed E-state index contributed by atoms with van der Waals surface area (Å²) in [7, 11) is 0. The Morgan fingerprint density at radius 3 is 1.17 bits per heavy atom. The molecule has 2 aromatic heterocycles. The van der Waals surface area contributed by atoms with E-state index in [1.165, 1.54) is 36.8 Å². The molecular weight excluding hydrogens is 555 g/mol. The first-order chi connectivity index (χ1) is 20.6. The number of hydrogen-bond donors (Lipinski definition) is 0. The Morgan fingerprint density at radius 2 is 0.833 bits per heavy atom. The van der Waals surface area contributed by atoms with Gasteiger partial charge in [-0.25, -0.2) is 0 Å². The molecule has 0 bridgehead atoms. The highest BCUT2D eigenvalue weighted by Crippen LogP contribution is 2.39. The van der Waals surface area contributed by atoms with Crippen molar-refractivity contribution in [1.29, 1.82) is 0 Å². The molecule has 0 spiro atoms. The lowest BCUT2D eigenvalue weighted by Crippen LogP contribution is -1.97. The quantitative estimate of drug-likeness (QED) is 0.150. The van der Waals surface area contributed by atoms with Gasteiger partial charge in [0, 0.05) is 21.4 Å². The Bertz CT molecular complexity index is 1640. The van der Waals surface area contributed by atoms with Gasteiger partial charge in [0.2, 0.25) is 0 Å². The van der Waals surface area contributed by atoms with Gasteiger partial charge >= 0.3 is 0 Å². The first-order valence-corrected chi connectivity index (χ1v) is 15.8. The maximum Gasteiger partial charge on any atom is 0.0724 e. The summed E-state index contributed by atoms with van der Waals surface area (Å²) in [6.45, 7) is 4.48. The molecule has 2 heterocycles. The summed E-state index contributed by atoms with van der Waals surface area (Å²) in [5.41, 5.74) is 11.9. The van der Waals surface area contributed by atoms with E-state index in [1.54, 1.807) is 0 Å². The number of aromatic nitrogens is 2. The number of rotatable bonds is 10. The van der Waals surface area contributed by atoms with Crippen molar-refractivity contribution in [3.8, 4) is 33.9 Å². The van der Waals surface area contributed by atoms with Gasteiger partial charge in [-0.1, -0.05) is 98.4 Å². The summed E-state index contributed by atoms with van der Waals surface area (Å²) in [6, 6.07) is 39.0. The molecule has 0 aliphatic carbocycles. The second-order valence-corrected chi connectivity index (χ2v) is 11.9. The normalized spacial score (nSPS) is 11.4. The molecule has 2 nitrogen and oxygen atoms in total. The molecule has 0 fully saturated rings. The fraction of sp³-hybridized carbons (Fsp3) is 0.211. The molecule has 0 aliphatic heterocycles. The third-order valence-corrected chi connectivity index (χ3v) is 8.58. The average molecular weight is 592 g/mol. The molecule has 0 amide bonds. The van der Waals surface area contributed by atoms with Crippen molar-refractivity contribution in [3.05, 3.63) is 130 Å². The van der Waals surface area contributed by atoms with Crippen molar-refractivity contribution in [3.63, 3.8) is 0 Å². The largest absolute Gasteiger partial charge is 0.308 e. The Morgan fingerprint density at radius 1 is 0.476 bits per heavy atom. The summed E-state index contributed by atoms with van der Waals surface area (Å²) >= 11 is 12.6. The highest BCUT2D eigenvalue weighted by atomic mass is 35.5. The smallest absolute Gasteiger partial charge is 0.0724 e. The molecule has 4 aromatic carbocycles. The highest BCUT2D eigenvalue weighted by Gasteiger charge is 2.21. The second-order valence-electron chi connectivity index (χ2n) is 11.1. The number of fused-ring (bicyclic) bond motifs is 1. The molecular formula is C38H36Cl2N2. The van der Waals surface area contributed by atoms with Crippen LogP contribution in [0.2, 0.25) is 10.0 Å². The van der Waals surface area contributed by atoms with Crippen LogP contribution in [0.15, 0.2) is 109 Å². The summed E-state index contributed by atoms with van der Waals surface area (Å²) in [5, 5.41) is 1.47. The van der Waals surface area contributed by atoms with Crippen LogP contribution < -0.4 is 0 Å². The molecule has 0 saturated carbocycles. The van der Waals surface area contributed by atoms with Crippen LogP contribution in [0.1, 0.15) is 50.7 Å². The van der Waals surface area contributed by atoms with Gasteiger partial charge in [0.15, 0.2) is 0 Å². The molecule has 6 rings (SSSR count). The standard InChI is InChI=1S/C38H36Cl2N2/c1-3-5-7-27-9-21-33(22-10-27)41-35(29-13-17-31(39)18-14-29)25-38-37(41)26-36(30-15-19-32(40)20-16-30)42(38)34-23-11-28(12-24-34)8-6-4-2/h9-26H,3-8H2,1-2H3. The monoisotopic (exact) mass is 590 g/mol. The van der Waals surface area contributed by atoms with Crippen molar-refractivity contribution < 1.29 is 0 Å². The zero-order valence-corrected chi connectivity index (χ0v) is 25.8. The van der Waals surface area contributed by atoms with Gasteiger partial charge in [-0.2, -0.15) is 0 Å². The van der Waals surface area contributed by atoms with Crippen LogP contribution in [-0.4, -0.2) is 9.13 Å². The number of unbranched alkanes of at least 4 members (excludes halogenated alkanes) is 2. The molecule has 6 aromatic rings. The predicted octanol–water partition coefficient (Wildman–Crippen LogP) is 11.7. The molecule has 0 N–H and O–H groups in total. The van der Waals surface area contributed by atoms with Gasteiger partial charge < -0.3 is 9.13 Å². The van der Waals surface area contributed by atoms with Crippen molar-refractivity contribution in [2.75, 3.05) is 0 Å². The third kappa shape index (κ3) is 5.79. The van der Waals surface area contributed by atoms with Crippen LogP contribution in [0, 0.1) is 0 Å². The average Bonchev–Trinajstić information content (AvgIpc) is 3.57. The number of halogens is 2. The highest BCUT2D eigenvalue weighted by molar-refractivity contribution is 6.31. The summed E-state index contributed by atoms with van der Waals surface area (Å²) in [6.07, 6.45) is 7.00. The number of aryl methyl sites for hydroxylation is 2. The van der Waals surface area contributed by atoms with Gasteiger partial charge in [0.25, 0.3) is 0 Å². The molecule has 0 atom stereocenters. The first kappa shape index (κ1) is 28.4. The van der Waals surface area contributed by atoms with Crippen LogP contribution in [0.5, 0.6) is 0 Å². The van der Waals surface area contributed by atoms with Crippen LogP contribution >= 0.6 is 23.2 Å². The zero-order chi connectivity index (χ0) is 29.1. The van der Waals surface area contributed by atoms with Gasteiger partial charge in [0.1, 0.15) is 0 Å². The first-order valence-electron chi connectivity index (χ1n) is 15.0. The summed E-state index contributed by atoms with van der Waals surface area (Å²) < 4.78 is 4.77. The third-order valence-electron chi connectivity index (χ3n) is 8.08. The van der Waals surface area contributed by atoms with E-state index in [0.29, 0.717) is 0 Å². The Balaban J connectivity index is 1.58. The number of nitrogens with zero attached hydrogens (tertiary/aromatic N) is 2. The van der Waals surface area contributed by atoms with E-state index >= 15 is 0 Å². The number of benzene rings is 4. The second kappa shape index (κ2) is 12.7. The van der Waals surface area contributed by atoms with E-state index in [0.717, 1.165) is 67.8 Å². The van der Waals surface area contributed by atoms with Crippen LogP contribution in [0.3, 0.4) is 0 Å². The van der Waals surface area contributed by atoms with Crippen molar-refractivity contribution in [2.45, 2.75) is 52.4 Å². The fourth-order valence-electron chi connectivity index (χ4n) is 5.76. The van der Waals surface area contributed by atoms with E-state index < -0.39 is 0 Å². The van der Waals surface area contributed by atoms with Crippen molar-refractivity contribution in [1.82, 2.24) is 9.13 Å². The molecule has 4 heteroatoms. The van der Waals surface area contributed by atoms with E-state index in [9.17, 15) is 0 Å². The molecule has 0 aliphatic rings. The Labute approximate surface area is 259 Å². The van der Waals surface area contributed by atoms with E-state index in [4.69, 9.17) is 23.2 Å². The maximum atomic E-state index is 6.30. The molecule has 0 saturated heterocycles. The summed E-state index contributed by atoms with van der Waals surface area (Å²) in [4.78, 5) is 0. The lowest BCUT2D eigenvalue weighted by molar-refractivity contribution is 0.795. The van der Waals surface area contributed by atoms with E-state index in [2.05, 4.69) is 108 Å². The molecule has 42 heavy (non-hydrogen) atoms. The van der Waals surface area contributed by atoms with Crippen LogP contribution in [0.25, 0.3) is 44.9 Å². The van der Waals surface area contributed by atoms with Crippen LogP contribution in [-0.2, 0) is 12.8 Å². The molecule has 0 radical (unpaired) electrons. The minimum Gasteiger partial charge on any atom is -0.308 e. The van der Waals surface area contributed by atoms with E-state index in [-0.39, 0.29) is 0 Å². The van der Waals surface area contributed by atoms with Gasteiger partial charge in [-0.3, -0.25) is 0 Å². The van der Waals surface area contributed by atoms with Crippen molar-refractivity contribution >= 4 is 34.2 Å². The lowest BCUT2D eigenvalue weighted by atomic mass is 10.1. The SMILES string of the molecule is CCCCc1ccc(-n2c(-c3ccc(Cl)cc3)cc3c2cc(-c2ccc(Cl)cc2)n3-c2ccc(CCCC)cc2)cc1. The fourth-order valence-corrected chi connectivity index (χ4v) is 6.01. The Hall–Kier alpha value is -3.72. The van der Waals surface area contributed by atoms with E-state index in [1.807, 2.05) is 24.3 Å².